The van der Waals surface area contributed by atoms with Gasteiger partial charge in [0.15, 0.2) is 11.5 Å². The van der Waals surface area contributed by atoms with Gasteiger partial charge in [0.25, 0.3) is 0 Å². The van der Waals surface area contributed by atoms with E-state index >= 15 is 0 Å². The SMILES string of the molecule is COc1cc2nc(N3CCCCC3)nc(NC3CCN(CCOCCOCCOCCOCCOCCN)CC3)c2cc1OC. The number of piperidine rings is 2. The van der Waals surface area contributed by atoms with Gasteiger partial charge in [-0.15, -0.1) is 0 Å². The van der Waals surface area contributed by atoms with Crippen LogP contribution in [0.4, 0.5) is 11.8 Å². The number of ether oxygens (including phenoxy) is 7. The van der Waals surface area contributed by atoms with E-state index in [1.165, 1.54) is 19.3 Å². The summed E-state index contributed by atoms with van der Waals surface area (Å²) in [4.78, 5) is 14.7. The highest BCUT2D eigenvalue weighted by Crippen LogP contribution is 2.36. The number of fused-ring (bicyclic) bond motifs is 1. The number of hydrogen-bond donors (Lipinski definition) is 2. The quantitative estimate of drug-likeness (QED) is 0.184. The Bertz CT molecular complexity index is 1100. The lowest BCUT2D eigenvalue weighted by Gasteiger charge is -2.33. The molecule has 1 aromatic carbocycles. The smallest absolute Gasteiger partial charge is 0.227 e. The second kappa shape index (κ2) is 20.6. The van der Waals surface area contributed by atoms with Crippen LogP contribution in [0.5, 0.6) is 11.5 Å². The van der Waals surface area contributed by atoms with Crippen molar-refractivity contribution in [3.05, 3.63) is 12.1 Å². The third kappa shape index (κ3) is 12.0. The lowest BCUT2D eigenvalue weighted by atomic mass is 10.0. The molecule has 0 atom stereocenters. The molecule has 2 aliphatic heterocycles. The van der Waals surface area contributed by atoms with Crippen LogP contribution in [-0.2, 0) is 23.7 Å². The number of likely N-dealkylation sites (tertiary alicyclic amines) is 1. The number of nitrogens with one attached hydrogen (secondary N) is 1. The molecule has 3 N–H and O–H groups in total. The van der Waals surface area contributed by atoms with E-state index in [0.717, 1.165) is 68.2 Å². The summed E-state index contributed by atoms with van der Waals surface area (Å²) in [7, 11) is 3.31. The Balaban J connectivity index is 1.12. The largest absolute Gasteiger partial charge is 0.493 e. The minimum absolute atomic E-state index is 0.333. The highest BCUT2D eigenvalue weighted by molar-refractivity contribution is 5.93. The molecular weight excluding hydrogens is 580 g/mol. The normalized spacial score (nSPS) is 16.4. The van der Waals surface area contributed by atoms with Gasteiger partial charge < -0.3 is 54.0 Å². The van der Waals surface area contributed by atoms with Crippen LogP contribution in [0.1, 0.15) is 32.1 Å². The predicted molar refractivity (Wildman–Crippen MR) is 175 cm³/mol. The summed E-state index contributed by atoms with van der Waals surface area (Å²) in [5.41, 5.74) is 6.23. The van der Waals surface area contributed by atoms with E-state index in [2.05, 4.69) is 15.1 Å². The van der Waals surface area contributed by atoms with Crippen molar-refractivity contribution in [1.82, 2.24) is 14.9 Å². The zero-order chi connectivity index (χ0) is 31.5. The van der Waals surface area contributed by atoms with Gasteiger partial charge in [-0.3, -0.25) is 0 Å². The van der Waals surface area contributed by atoms with E-state index in [9.17, 15) is 0 Å². The Morgan fingerprint density at radius 3 is 1.84 bits per heavy atom. The maximum Gasteiger partial charge on any atom is 0.227 e. The molecule has 0 bridgehead atoms. The molecule has 2 fully saturated rings. The lowest BCUT2D eigenvalue weighted by Crippen LogP contribution is -2.40. The molecule has 254 valence electrons. The fourth-order valence-corrected chi connectivity index (χ4v) is 5.54. The number of nitrogens with two attached hydrogens (primary N) is 1. The lowest BCUT2D eigenvalue weighted by molar-refractivity contribution is -0.0120. The molecule has 2 aliphatic rings. The van der Waals surface area contributed by atoms with Gasteiger partial charge >= 0.3 is 0 Å². The Morgan fingerprint density at radius 2 is 1.27 bits per heavy atom. The first kappa shape index (κ1) is 35.3. The van der Waals surface area contributed by atoms with Crippen molar-refractivity contribution < 1.29 is 33.2 Å². The van der Waals surface area contributed by atoms with Gasteiger partial charge in [-0.05, 0) is 38.2 Å². The third-order valence-electron chi connectivity index (χ3n) is 8.06. The molecule has 0 spiro atoms. The van der Waals surface area contributed by atoms with Gasteiger partial charge in [-0.1, -0.05) is 0 Å². The summed E-state index contributed by atoms with van der Waals surface area (Å²) in [5.74, 6) is 3.01. The van der Waals surface area contributed by atoms with Gasteiger partial charge in [-0.25, -0.2) is 4.98 Å². The molecule has 0 saturated carbocycles. The highest BCUT2D eigenvalue weighted by Gasteiger charge is 2.23. The van der Waals surface area contributed by atoms with Gasteiger partial charge in [0, 0.05) is 56.8 Å². The molecule has 4 rings (SSSR count). The van der Waals surface area contributed by atoms with Crippen molar-refractivity contribution in [2.75, 3.05) is 130 Å². The van der Waals surface area contributed by atoms with Crippen molar-refractivity contribution in [2.24, 2.45) is 5.73 Å². The molecule has 0 radical (unpaired) electrons. The number of benzene rings is 1. The number of anilines is 2. The van der Waals surface area contributed by atoms with E-state index in [4.69, 9.17) is 48.9 Å². The second-order valence-electron chi connectivity index (χ2n) is 11.3. The van der Waals surface area contributed by atoms with Crippen LogP contribution in [0.2, 0.25) is 0 Å². The number of rotatable bonds is 22. The minimum atomic E-state index is 0.333. The summed E-state index contributed by atoms with van der Waals surface area (Å²) in [5, 5.41) is 4.71. The summed E-state index contributed by atoms with van der Waals surface area (Å²) in [6.45, 7) is 11.1. The van der Waals surface area contributed by atoms with Gasteiger partial charge in [0.1, 0.15) is 5.82 Å². The molecule has 2 aromatic rings. The predicted octanol–water partition coefficient (Wildman–Crippen LogP) is 2.56. The minimum Gasteiger partial charge on any atom is -0.493 e. The standard InChI is InChI=1S/C32H54N6O7/c1-39-29-24-27-28(25-30(29)40-2)35-32(38-9-4-3-5-10-38)36-31(27)34-26-6-11-37(12-7-26)13-15-42-17-19-44-21-23-45-22-20-43-18-16-41-14-8-33/h24-26H,3-23,33H2,1-2H3,(H,34,35,36). The monoisotopic (exact) mass is 634 g/mol. The van der Waals surface area contributed by atoms with Crippen molar-refractivity contribution >= 4 is 22.7 Å². The van der Waals surface area contributed by atoms with Crippen LogP contribution in [0.15, 0.2) is 12.1 Å². The zero-order valence-corrected chi connectivity index (χ0v) is 27.3. The maximum atomic E-state index is 5.81. The fourth-order valence-electron chi connectivity index (χ4n) is 5.54. The van der Waals surface area contributed by atoms with E-state index in [-0.39, 0.29) is 0 Å². The van der Waals surface area contributed by atoms with Gasteiger partial charge in [-0.2, -0.15) is 4.98 Å². The average molecular weight is 635 g/mol. The Hall–Kier alpha value is -2.52. The van der Waals surface area contributed by atoms with Crippen molar-refractivity contribution in [1.29, 1.82) is 0 Å². The first-order chi connectivity index (χ1) is 22.2. The topological polar surface area (TPSA) is 135 Å². The van der Waals surface area contributed by atoms with Crippen molar-refractivity contribution in [3.63, 3.8) is 0 Å². The molecule has 45 heavy (non-hydrogen) atoms. The number of aromatic nitrogens is 2. The molecule has 13 nitrogen and oxygen atoms in total. The second-order valence-corrected chi connectivity index (χ2v) is 11.3. The summed E-state index contributed by atoms with van der Waals surface area (Å²) in [6, 6.07) is 4.27. The van der Waals surface area contributed by atoms with E-state index in [0.29, 0.717) is 90.2 Å². The molecule has 1 aromatic heterocycles. The molecule has 0 amide bonds. The van der Waals surface area contributed by atoms with Crippen LogP contribution in [0.25, 0.3) is 10.9 Å². The van der Waals surface area contributed by atoms with Gasteiger partial charge in [0.2, 0.25) is 5.95 Å². The Morgan fingerprint density at radius 1 is 0.711 bits per heavy atom. The van der Waals surface area contributed by atoms with E-state index in [1.54, 1.807) is 14.2 Å². The van der Waals surface area contributed by atoms with Crippen LogP contribution < -0.4 is 25.4 Å². The Labute approximate surface area is 268 Å². The molecule has 13 heteroatoms. The van der Waals surface area contributed by atoms with Crippen LogP contribution in [0.3, 0.4) is 0 Å². The highest BCUT2D eigenvalue weighted by atomic mass is 16.6. The van der Waals surface area contributed by atoms with Crippen molar-refractivity contribution in [3.8, 4) is 11.5 Å². The average Bonchev–Trinajstić information content (AvgIpc) is 3.08. The van der Waals surface area contributed by atoms with Crippen LogP contribution >= 0.6 is 0 Å². The number of nitrogens with zero attached hydrogens (tertiary/aromatic N) is 4. The molecular formula is C32H54N6O7. The first-order valence-corrected chi connectivity index (χ1v) is 16.5. The molecule has 0 aliphatic carbocycles. The Kier molecular flexibility index (Phi) is 16.2. The van der Waals surface area contributed by atoms with Crippen LogP contribution in [-0.4, -0.2) is 140 Å². The number of methoxy groups -OCH3 is 2. The van der Waals surface area contributed by atoms with Crippen molar-refractivity contribution in [2.45, 2.75) is 38.1 Å². The first-order valence-electron chi connectivity index (χ1n) is 16.5. The maximum absolute atomic E-state index is 5.81. The summed E-state index contributed by atoms with van der Waals surface area (Å²) < 4.78 is 38.7. The molecule has 0 unspecified atom stereocenters. The summed E-state index contributed by atoms with van der Waals surface area (Å²) >= 11 is 0. The summed E-state index contributed by atoms with van der Waals surface area (Å²) in [6.07, 6.45) is 5.68. The molecule has 3 heterocycles. The van der Waals surface area contributed by atoms with E-state index < -0.39 is 0 Å². The third-order valence-corrected chi connectivity index (χ3v) is 8.06. The molecule has 2 saturated heterocycles. The zero-order valence-electron chi connectivity index (χ0n) is 27.3. The number of hydrogen-bond acceptors (Lipinski definition) is 13. The fraction of sp³-hybridized carbons (Fsp3) is 0.750. The van der Waals surface area contributed by atoms with Gasteiger partial charge in [0.05, 0.1) is 85.8 Å². The van der Waals surface area contributed by atoms with E-state index in [1.807, 2.05) is 12.1 Å². The van der Waals surface area contributed by atoms with Crippen LogP contribution in [0, 0.1) is 0 Å².